The number of halogens is 1. The summed E-state index contributed by atoms with van der Waals surface area (Å²) in [7, 11) is -8.40. The summed E-state index contributed by atoms with van der Waals surface area (Å²) >= 11 is 2.18. The van der Waals surface area contributed by atoms with E-state index in [4.69, 9.17) is 0 Å². The van der Waals surface area contributed by atoms with Crippen LogP contribution in [0.15, 0.2) is 70.5 Å². The minimum absolute atomic E-state index is 0.00585. The fraction of sp³-hybridized carbons (Fsp3) is 0.333. The average Bonchev–Trinajstić information content (AvgIpc) is 2.65. The molecule has 2 atom stereocenters. The summed E-state index contributed by atoms with van der Waals surface area (Å²) in [6.45, 7) is 0. The molecule has 0 heterocycles. The standard InChI is InChI=1S/C18H20INO4S2/c19-17-13-7-8-14-18(17)20(25(21,22)15-9-3-1-4-10-15)26(23,24)16-11-5-2-6-12-16/h1-6,9-12,17-18H,7-8,13-14H2/t17-,18-/m1/s1. The second kappa shape index (κ2) is 7.95. The number of hydrogen-bond donors (Lipinski definition) is 0. The fourth-order valence-electron chi connectivity index (χ4n) is 3.18. The predicted octanol–water partition coefficient (Wildman–Crippen LogP) is 3.81. The van der Waals surface area contributed by atoms with E-state index in [1.807, 2.05) is 0 Å². The van der Waals surface area contributed by atoms with E-state index in [-0.39, 0.29) is 13.7 Å². The van der Waals surface area contributed by atoms with E-state index in [0.29, 0.717) is 6.42 Å². The third-order valence-electron chi connectivity index (χ3n) is 4.47. The van der Waals surface area contributed by atoms with Gasteiger partial charge in [0, 0.05) is 3.92 Å². The van der Waals surface area contributed by atoms with Crippen molar-refractivity contribution >= 4 is 42.6 Å². The number of alkyl halides is 1. The molecule has 1 aliphatic carbocycles. The zero-order valence-corrected chi connectivity index (χ0v) is 17.8. The molecule has 26 heavy (non-hydrogen) atoms. The Morgan fingerprint density at radius 3 is 1.58 bits per heavy atom. The second-order valence-electron chi connectivity index (χ2n) is 6.23. The van der Waals surface area contributed by atoms with Crippen LogP contribution < -0.4 is 0 Å². The smallest absolute Gasteiger partial charge is 0.206 e. The summed E-state index contributed by atoms with van der Waals surface area (Å²) in [5.41, 5.74) is 0. The Bertz CT molecular complexity index is 878. The molecule has 1 aliphatic rings. The molecule has 5 nitrogen and oxygen atoms in total. The highest BCUT2D eigenvalue weighted by atomic mass is 127. The van der Waals surface area contributed by atoms with Gasteiger partial charge in [-0.25, -0.2) is 16.8 Å². The third-order valence-corrected chi connectivity index (χ3v) is 10.3. The minimum Gasteiger partial charge on any atom is -0.206 e. The van der Waals surface area contributed by atoms with E-state index in [9.17, 15) is 16.8 Å². The van der Waals surface area contributed by atoms with Crippen molar-refractivity contribution in [3.05, 3.63) is 60.7 Å². The van der Waals surface area contributed by atoms with E-state index in [0.717, 1.165) is 23.0 Å². The van der Waals surface area contributed by atoms with Crippen LogP contribution in [0.25, 0.3) is 0 Å². The Morgan fingerprint density at radius 2 is 1.15 bits per heavy atom. The van der Waals surface area contributed by atoms with Gasteiger partial charge in [-0.1, -0.05) is 75.5 Å². The predicted molar refractivity (Wildman–Crippen MR) is 109 cm³/mol. The molecule has 2 aromatic rings. The van der Waals surface area contributed by atoms with Gasteiger partial charge in [-0.05, 0) is 37.1 Å². The summed E-state index contributed by atoms with van der Waals surface area (Å²) in [6.07, 6.45) is 3.13. The van der Waals surface area contributed by atoms with Gasteiger partial charge in [-0.3, -0.25) is 0 Å². The zero-order valence-electron chi connectivity index (χ0n) is 14.0. The molecule has 0 unspecified atom stereocenters. The SMILES string of the molecule is O=S(=O)(c1ccccc1)N([C@@H]1CCCC[C@H]1I)S(=O)(=O)c1ccccc1. The Kier molecular flexibility index (Phi) is 6.05. The molecular formula is C18H20INO4S2. The first-order valence-corrected chi connectivity index (χ1v) is 12.5. The van der Waals surface area contributed by atoms with Gasteiger partial charge in [0.2, 0.25) is 0 Å². The van der Waals surface area contributed by atoms with Crippen LogP contribution in [0.5, 0.6) is 0 Å². The molecule has 0 bridgehead atoms. The molecule has 140 valence electrons. The average molecular weight is 505 g/mol. The fourth-order valence-corrected chi connectivity index (χ4v) is 8.93. The normalized spacial score (nSPS) is 21.6. The van der Waals surface area contributed by atoms with Crippen LogP contribution in [0.3, 0.4) is 0 Å². The third kappa shape index (κ3) is 3.83. The summed E-state index contributed by atoms with van der Waals surface area (Å²) in [4.78, 5) is -0.0117. The first-order chi connectivity index (χ1) is 12.3. The van der Waals surface area contributed by atoms with Crippen LogP contribution in [0.4, 0.5) is 0 Å². The lowest BCUT2D eigenvalue weighted by atomic mass is 9.96. The number of benzene rings is 2. The minimum atomic E-state index is -4.20. The van der Waals surface area contributed by atoms with E-state index in [1.165, 1.54) is 24.3 Å². The van der Waals surface area contributed by atoms with Gasteiger partial charge in [-0.2, -0.15) is 0 Å². The van der Waals surface area contributed by atoms with Crippen molar-refractivity contribution in [3.63, 3.8) is 0 Å². The van der Waals surface area contributed by atoms with Gasteiger partial charge in [0.05, 0.1) is 15.8 Å². The largest absolute Gasteiger partial charge is 0.256 e. The van der Waals surface area contributed by atoms with Crippen molar-refractivity contribution in [2.45, 2.75) is 45.4 Å². The highest BCUT2D eigenvalue weighted by molar-refractivity contribution is 14.1. The lowest BCUT2D eigenvalue weighted by Crippen LogP contribution is -2.49. The molecule has 3 rings (SSSR count). The highest BCUT2D eigenvalue weighted by Gasteiger charge is 2.45. The van der Waals surface area contributed by atoms with Crippen molar-refractivity contribution in [3.8, 4) is 0 Å². The van der Waals surface area contributed by atoms with Gasteiger partial charge in [0.15, 0.2) is 0 Å². The zero-order chi connectivity index (χ0) is 18.8. The van der Waals surface area contributed by atoms with Gasteiger partial charge in [0.25, 0.3) is 20.0 Å². The lowest BCUT2D eigenvalue weighted by Gasteiger charge is -2.35. The Labute approximate surface area is 168 Å². The number of sulfonamides is 2. The summed E-state index contributed by atoms with van der Waals surface area (Å²) < 4.78 is 54.1. The van der Waals surface area contributed by atoms with E-state index in [2.05, 4.69) is 22.6 Å². The molecule has 0 N–H and O–H groups in total. The van der Waals surface area contributed by atoms with Crippen molar-refractivity contribution in [2.24, 2.45) is 0 Å². The number of hydrogen-bond acceptors (Lipinski definition) is 4. The molecule has 0 saturated heterocycles. The molecular weight excluding hydrogens is 485 g/mol. The number of rotatable bonds is 5. The molecule has 0 aliphatic heterocycles. The molecule has 2 aromatic carbocycles. The summed E-state index contributed by atoms with van der Waals surface area (Å²) in [5.74, 6) is 0. The maximum atomic E-state index is 13.3. The Balaban J connectivity index is 2.17. The molecule has 0 amide bonds. The maximum absolute atomic E-state index is 13.3. The van der Waals surface area contributed by atoms with Crippen LogP contribution in [-0.4, -0.2) is 30.5 Å². The van der Waals surface area contributed by atoms with Crippen LogP contribution >= 0.6 is 22.6 Å². The maximum Gasteiger partial charge on any atom is 0.256 e. The van der Waals surface area contributed by atoms with Crippen molar-refractivity contribution in [1.82, 2.24) is 3.71 Å². The Morgan fingerprint density at radius 1 is 0.731 bits per heavy atom. The number of nitrogens with zero attached hydrogens (tertiary/aromatic N) is 1. The van der Waals surface area contributed by atoms with E-state index < -0.39 is 26.1 Å². The van der Waals surface area contributed by atoms with Gasteiger partial charge in [0.1, 0.15) is 0 Å². The molecule has 8 heteroatoms. The lowest BCUT2D eigenvalue weighted by molar-refractivity contribution is 0.345. The van der Waals surface area contributed by atoms with Crippen molar-refractivity contribution in [1.29, 1.82) is 0 Å². The van der Waals surface area contributed by atoms with E-state index in [1.54, 1.807) is 36.4 Å². The first kappa shape index (κ1) is 19.8. The van der Waals surface area contributed by atoms with Crippen LogP contribution in [0.2, 0.25) is 0 Å². The van der Waals surface area contributed by atoms with E-state index >= 15 is 0 Å². The summed E-state index contributed by atoms with van der Waals surface area (Å²) in [5, 5.41) is 0. The van der Waals surface area contributed by atoms with Crippen LogP contribution in [-0.2, 0) is 20.0 Å². The van der Waals surface area contributed by atoms with Crippen molar-refractivity contribution < 1.29 is 16.8 Å². The quantitative estimate of drug-likeness (QED) is 0.458. The van der Waals surface area contributed by atoms with Crippen molar-refractivity contribution in [2.75, 3.05) is 0 Å². The topological polar surface area (TPSA) is 71.5 Å². The molecule has 0 radical (unpaired) electrons. The van der Waals surface area contributed by atoms with Crippen LogP contribution in [0, 0.1) is 0 Å². The summed E-state index contributed by atoms with van der Waals surface area (Å²) in [6, 6.07) is 15.0. The molecule has 1 fully saturated rings. The van der Waals surface area contributed by atoms with Gasteiger partial charge in [-0.15, -0.1) is 0 Å². The first-order valence-electron chi connectivity index (χ1n) is 8.39. The second-order valence-corrected chi connectivity index (χ2v) is 11.7. The monoisotopic (exact) mass is 505 g/mol. The van der Waals surface area contributed by atoms with Gasteiger partial charge >= 0.3 is 0 Å². The molecule has 0 spiro atoms. The Hall–Kier alpha value is -0.970. The van der Waals surface area contributed by atoms with Gasteiger partial charge < -0.3 is 0 Å². The van der Waals surface area contributed by atoms with Crippen LogP contribution in [0.1, 0.15) is 25.7 Å². The highest BCUT2D eigenvalue weighted by Crippen LogP contribution is 2.36. The molecule has 0 aromatic heterocycles. The molecule has 1 saturated carbocycles.